The van der Waals surface area contributed by atoms with Crippen molar-refractivity contribution >= 4 is 21.8 Å². The number of amides is 1. The number of benzene rings is 1. The third-order valence-electron chi connectivity index (χ3n) is 4.81. The topological polar surface area (TPSA) is 32.3 Å². The van der Waals surface area contributed by atoms with Gasteiger partial charge in [-0.15, -0.1) is 0 Å². The summed E-state index contributed by atoms with van der Waals surface area (Å²) in [5, 5.41) is 2.89. The second-order valence-corrected chi connectivity index (χ2v) is 7.90. The molecule has 1 aliphatic heterocycles. The molecule has 1 N–H and O–H groups in total. The average Bonchev–Trinajstić information content (AvgIpc) is 2.53. The number of nitrogens with zero attached hydrogens (tertiary/aromatic N) is 1. The molecule has 1 heterocycles. The summed E-state index contributed by atoms with van der Waals surface area (Å²) in [6.07, 6.45) is 3.69. The molecule has 1 unspecified atom stereocenters. The number of halogens is 2. The average molecular weight is 385 g/mol. The van der Waals surface area contributed by atoms with E-state index < -0.39 is 5.82 Å². The van der Waals surface area contributed by atoms with E-state index in [4.69, 9.17) is 0 Å². The Morgan fingerprint density at radius 3 is 2.87 bits per heavy atom. The van der Waals surface area contributed by atoms with Crippen molar-refractivity contribution in [2.45, 2.75) is 45.6 Å². The molecule has 0 spiro atoms. The zero-order valence-corrected chi connectivity index (χ0v) is 15.7. The summed E-state index contributed by atoms with van der Waals surface area (Å²) in [5.41, 5.74) is -0.0379. The Balaban J connectivity index is 1.96. The highest BCUT2D eigenvalue weighted by molar-refractivity contribution is 9.10. The maximum absolute atomic E-state index is 13.9. The van der Waals surface area contributed by atoms with Gasteiger partial charge in [0.1, 0.15) is 5.82 Å². The van der Waals surface area contributed by atoms with Crippen LogP contribution < -0.4 is 5.32 Å². The Morgan fingerprint density at radius 2 is 2.22 bits per heavy atom. The number of carbonyl (C=O) groups is 1. The lowest BCUT2D eigenvalue weighted by molar-refractivity contribution is 0.0611. The first-order valence-corrected chi connectivity index (χ1v) is 9.11. The minimum Gasteiger partial charge on any atom is -0.350 e. The van der Waals surface area contributed by atoms with E-state index in [1.165, 1.54) is 31.4 Å². The fourth-order valence-electron chi connectivity index (χ4n) is 3.13. The third-order valence-corrected chi connectivity index (χ3v) is 5.30. The predicted octanol–water partition coefficient (Wildman–Crippen LogP) is 4.22. The smallest absolute Gasteiger partial charge is 0.254 e. The molecule has 128 valence electrons. The predicted molar refractivity (Wildman–Crippen MR) is 95.1 cm³/mol. The van der Waals surface area contributed by atoms with Gasteiger partial charge in [-0.05, 0) is 57.4 Å². The van der Waals surface area contributed by atoms with Crippen LogP contribution in [0.15, 0.2) is 22.7 Å². The molecule has 1 aromatic rings. The van der Waals surface area contributed by atoms with Gasteiger partial charge in [-0.25, -0.2) is 4.39 Å². The van der Waals surface area contributed by atoms with Crippen LogP contribution in [0.5, 0.6) is 0 Å². The van der Waals surface area contributed by atoms with E-state index in [1.54, 1.807) is 6.07 Å². The van der Waals surface area contributed by atoms with Gasteiger partial charge in [-0.1, -0.05) is 29.3 Å². The number of piperidine rings is 1. The summed E-state index contributed by atoms with van der Waals surface area (Å²) >= 11 is 3.20. The van der Waals surface area contributed by atoms with Crippen molar-refractivity contribution in [2.24, 2.45) is 5.92 Å². The maximum Gasteiger partial charge on any atom is 0.254 e. The molecule has 5 heteroatoms. The molecule has 1 aliphatic rings. The van der Waals surface area contributed by atoms with E-state index in [0.29, 0.717) is 11.0 Å². The molecule has 1 saturated heterocycles. The Labute approximate surface area is 146 Å². The van der Waals surface area contributed by atoms with Crippen LogP contribution in [0.4, 0.5) is 4.39 Å². The van der Waals surface area contributed by atoms with Gasteiger partial charge in [0.15, 0.2) is 0 Å². The molecule has 2 rings (SSSR count). The number of hydrogen-bond acceptors (Lipinski definition) is 2. The third kappa shape index (κ3) is 4.77. The van der Waals surface area contributed by atoms with Gasteiger partial charge in [0.25, 0.3) is 5.91 Å². The van der Waals surface area contributed by atoms with Crippen LogP contribution in [0.2, 0.25) is 0 Å². The lowest BCUT2D eigenvalue weighted by Crippen LogP contribution is -2.54. The number of likely N-dealkylation sites (tertiary alicyclic amines) is 1. The van der Waals surface area contributed by atoms with Crippen LogP contribution in [0.25, 0.3) is 0 Å². The summed E-state index contributed by atoms with van der Waals surface area (Å²) in [7, 11) is 0. The summed E-state index contributed by atoms with van der Waals surface area (Å²) in [6.45, 7) is 9.17. The highest BCUT2D eigenvalue weighted by Crippen LogP contribution is 2.25. The number of nitrogens with one attached hydrogen (secondary N) is 1. The zero-order chi connectivity index (χ0) is 17.0. The highest BCUT2D eigenvalue weighted by atomic mass is 79.9. The fraction of sp³-hybridized carbons (Fsp3) is 0.611. The lowest BCUT2D eigenvalue weighted by Gasteiger charge is -2.43. The largest absolute Gasteiger partial charge is 0.350 e. The van der Waals surface area contributed by atoms with Crippen molar-refractivity contribution in [1.29, 1.82) is 0 Å². The van der Waals surface area contributed by atoms with Gasteiger partial charge in [-0.2, -0.15) is 0 Å². The van der Waals surface area contributed by atoms with E-state index in [-0.39, 0.29) is 17.0 Å². The van der Waals surface area contributed by atoms with E-state index in [1.807, 2.05) is 0 Å². The minimum atomic E-state index is -0.501. The van der Waals surface area contributed by atoms with Crippen molar-refractivity contribution < 1.29 is 9.18 Å². The summed E-state index contributed by atoms with van der Waals surface area (Å²) < 4.78 is 14.5. The quantitative estimate of drug-likeness (QED) is 0.823. The van der Waals surface area contributed by atoms with Gasteiger partial charge in [0, 0.05) is 23.1 Å². The van der Waals surface area contributed by atoms with Crippen molar-refractivity contribution in [3.63, 3.8) is 0 Å². The Kier molecular flexibility index (Phi) is 6.20. The molecule has 23 heavy (non-hydrogen) atoms. The molecule has 0 bridgehead atoms. The molecule has 1 aromatic carbocycles. The SMILES string of the molecule is CCC1CCCN(C(C)(C)CNC(=O)c2ccc(Br)cc2F)C1. The summed E-state index contributed by atoms with van der Waals surface area (Å²) in [4.78, 5) is 14.7. The van der Waals surface area contributed by atoms with Crippen LogP contribution in [-0.4, -0.2) is 36.0 Å². The number of hydrogen-bond donors (Lipinski definition) is 1. The van der Waals surface area contributed by atoms with E-state index in [9.17, 15) is 9.18 Å². The van der Waals surface area contributed by atoms with Crippen LogP contribution in [0.1, 0.15) is 50.4 Å². The second kappa shape index (κ2) is 7.75. The summed E-state index contributed by atoms with van der Waals surface area (Å²) in [5.74, 6) is -0.117. The Bertz CT molecular complexity index is 562. The van der Waals surface area contributed by atoms with Gasteiger partial charge < -0.3 is 5.32 Å². The number of carbonyl (C=O) groups excluding carboxylic acids is 1. The molecule has 0 aromatic heterocycles. The van der Waals surface area contributed by atoms with E-state index >= 15 is 0 Å². The van der Waals surface area contributed by atoms with E-state index in [2.05, 4.69) is 46.9 Å². The normalized spacial score (nSPS) is 19.6. The van der Waals surface area contributed by atoms with Crippen LogP contribution in [-0.2, 0) is 0 Å². The number of rotatable bonds is 5. The van der Waals surface area contributed by atoms with Crippen LogP contribution in [0.3, 0.4) is 0 Å². The van der Waals surface area contributed by atoms with Gasteiger partial charge in [0.05, 0.1) is 5.56 Å². The summed E-state index contributed by atoms with van der Waals surface area (Å²) in [6, 6.07) is 4.51. The van der Waals surface area contributed by atoms with Crippen molar-refractivity contribution in [1.82, 2.24) is 10.2 Å². The first kappa shape index (κ1) is 18.4. The lowest BCUT2D eigenvalue weighted by atomic mass is 9.91. The van der Waals surface area contributed by atoms with Crippen molar-refractivity contribution in [2.75, 3.05) is 19.6 Å². The molecule has 0 radical (unpaired) electrons. The van der Waals surface area contributed by atoms with Gasteiger partial charge in [-0.3, -0.25) is 9.69 Å². The molecular formula is C18H26BrFN2O. The molecule has 0 saturated carbocycles. The van der Waals surface area contributed by atoms with Crippen LogP contribution >= 0.6 is 15.9 Å². The van der Waals surface area contributed by atoms with E-state index in [0.717, 1.165) is 19.0 Å². The molecule has 1 amide bonds. The standard InChI is InChI=1S/C18H26BrFN2O/c1-4-13-6-5-9-22(11-13)18(2,3)12-21-17(23)15-8-7-14(19)10-16(15)20/h7-8,10,13H,4-6,9,11-12H2,1-3H3,(H,21,23). The molecular weight excluding hydrogens is 359 g/mol. The molecule has 3 nitrogen and oxygen atoms in total. The van der Waals surface area contributed by atoms with Crippen molar-refractivity contribution in [3.05, 3.63) is 34.1 Å². The van der Waals surface area contributed by atoms with Gasteiger partial charge >= 0.3 is 0 Å². The van der Waals surface area contributed by atoms with Crippen molar-refractivity contribution in [3.8, 4) is 0 Å². The van der Waals surface area contributed by atoms with Gasteiger partial charge in [0.2, 0.25) is 0 Å². The molecule has 1 fully saturated rings. The van der Waals surface area contributed by atoms with Crippen LogP contribution in [0, 0.1) is 11.7 Å². The highest BCUT2D eigenvalue weighted by Gasteiger charge is 2.31. The fourth-order valence-corrected chi connectivity index (χ4v) is 3.46. The first-order valence-electron chi connectivity index (χ1n) is 8.32. The molecule has 1 atom stereocenters. The zero-order valence-electron chi connectivity index (χ0n) is 14.2. The molecule has 0 aliphatic carbocycles. The Morgan fingerprint density at radius 1 is 1.48 bits per heavy atom. The maximum atomic E-state index is 13.9. The second-order valence-electron chi connectivity index (χ2n) is 6.98. The Hall–Kier alpha value is -0.940. The minimum absolute atomic E-state index is 0.0917. The monoisotopic (exact) mass is 384 g/mol. The first-order chi connectivity index (χ1) is 10.8.